The lowest BCUT2D eigenvalue weighted by Gasteiger charge is -2.19. The molecule has 7 nitrogen and oxygen atoms in total. The van der Waals surface area contributed by atoms with Gasteiger partial charge >= 0.3 is 0 Å². The molecule has 1 aromatic heterocycles. The van der Waals surface area contributed by atoms with Crippen LogP contribution < -0.4 is 0 Å². The minimum Gasteiger partial charge on any atom is -0.339 e. The molecule has 0 radical (unpaired) electrons. The molecule has 0 atom stereocenters. The van der Waals surface area contributed by atoms with E-state index in [9.17, 15) is 8.42 Å². The summed E-state index contributed by atoms with van der Waals surface area (Å²) in [4.78, 5) is 6.63. The molecule has 0 saturated carbocycles. The molecule has 9 heteroatoms. The monoisotopic (exact) mass is 438 g/mol. The van der Waals surface area contributed by atoms with Gasteiger partial charge in [-0.3, -0.25) is 4.90 Å². The summed E-state index contributed by atoms with van der Waals surface area (Å²) in [5.41, 5.74) is 0.604. The van der Waals surface area contributed by atoms with Crippen molar-refractivity contribution in [3.8, 4) is 0 Å². The van der Waals surface area contributed by atoms with Crippen molar-refractivity contribution < 1.29 is 12.9 Å². The molecule has 2 heterocycles. The fraction of sp³-hybridized carbons (Fsp3) is 0.500. The van der Waals surface area contributed by atoms with Crippen molar-refractivity contribution in [3.05, 3.63) is 52.0 Å². The Kier molecular flexibility index (Phi) is 6.78. The molecule has 1 saturated heterocycles. The zero-order valence-electron chi connectivity index (χ0n) is 17.0. The zero-order valence-corrected chi connectivity index (χ0v) is 18.6. The first-order chi connectivity index (χ1) is 13.6. The van der Waals surface area contributed by atoms with Crippen LogP contribution in [0, 0.1) is 0 Å². The summed E-state index contributed by atoms with van der Waals surface area (Å²) in [6.45, 7) is 8.94. The Morgan fingerprint density at radius 2 is 1.86 bits per heavy atom. The lowest BCUT2D eigenvalue weighted by atomic mass is 9.97. The molecule has 0 spiro atoms. The van der Waals surface area contributed by atoms with Gasteiger partial charge < -0.3 is 4.52 Å². The number of hydrogen-bond donors (Lipinski definition) is 0. The van der Waals surface area contributed by atoms with Crippen LogP contribution in [0.2, 0.25) is 5.02 Å². The van der Waals surface area contributed by atoms with Crippen LogP contribution >= 0.6 is 11.6 Å². The standard InChI is InChI=1S/C20H27ClN4O3S/c1-20(2,3)19-22-18(23-28-19)15-24-10-4-11-25(13-12-24)29(26,27)14-9-16-5-7-17(21)8-6-16/h5-9,14H,4,10-13,15H2,1-3H3. The summed E-state index contributed by atoms with van der Waals surface area (Å²) < 4.78 is 32.3. The van der Waals surface area contributed by atoms with Crippen molar-refractivity contribution in [2.75, 3.05) is 26.2 Å². The molecule has 0 bridgehead atoms. The van der Waals surface area contributed by atoms with Gasteiger partial charge in [-0.2, -0.15) is 9.29 Å². The lowest BCUT2D eigenvalue weighted by molar-refractivity contribution is 0.264. The van der Waals surface area contributed by atoms with Crippen molar-refractivity contribution in [1.29, 1.82) is 0 Å². The molecule has 0 amide bonds. The van der Waals surface area contributed by atoms with Gasteiger partial charge in [-0.1, -0.05) is 49.7 Å². The van der Waals surface area contributed by atoms with Crippen molar-refractivity contribution in [2.24, 2.45) is 0 Å². The van der Waals surface area contributed by atoms with E-state index in [0.29, 0.717) is 42.9 Å². The van der Waals surface area contributed by atoms with Gasteiger partial charge in [-0.05, 0) is 36.7 Å². The molecule has 1 aliphatic rings. The molecule has 0 unspecified atom stereocenters. The Morgan fingerprint density at radius 1 is 1.14 bits per heavy atom. The fourth-order valence-electron chi connectivity index (χ4n) is 3.01. The van der Waals surface area contributed by atoms with E-state index < -0.39 is 10.0 Å². The maximum atomic E-state index is 12.7. The van der Waals surface area contributed by atoms with Gasteiger partial charge in [-0.25, -0.2) is 8.42 Å². The van der Waals surface area contributed by atoms with Crippen LogP contribution in [0.1, 0.15) is 44.5 Å². The fourth-order valence-corrected chi connectivity index (χ4v) is 4.35. The SMILES string of the molecule is CC(C)(C)c1nc(CN2CCCN(S(=O)(=O)C=Cc3ccc(Cl)cc3)CC2)no1. The Balaban J connectivity index is 1.60. The highest BCUT2D eigenvalue weighted by atomic mass is 35.5. The van der Waals surface area contributed by atoms with Crippen molar-refractivity contribution in [2.45, 2.75) is 39.2 Å². The van der Waals surface area contributed by atoms with E-state index in [4.69, 9.17) is 16.1 Å². The number of hydrogen-bond acceptors (Lipinski definition) is 6. The summed E-state index contributed by atoms with van der Waals surface area (Å²) in [5.74, 6) is 1.24. The maximum Gasteiger partial charge on any atom is 0.236 e. The Morgan fingerprint density at radius 3 is 2.52 bits per heavy atom. The van der Waals surface area contributed by atoms with E-state index in [1.165, 1.54) is 9.71 Å². The molecule has 0 aliphatic carbocycles. The van der Waals surface area contributed by atoms with Crippen LogP contribution in [0.4, 0.5) is 0 Å². The van der Waals surface area contributed by atoms with Crippen molar-refractivity contribution in [1.82, 2.24) is 19.3 Å². The van der Waals surface area contributed by atoms with E-state index in [1.807, 2.05) is 20.8 Å². The van der Waals surface area contributed by atoms with E-state index in [-0.39, 0.29) is 5.41 Å². The number of aromatic nitrogens is 2. The predicted octanol–water partition coefficient (Wildman–Crippen LogP) is 3.53. The van der Waals surface area contributed by atoms with Gasteiger partial charge in [0.05, 0.1) is 6.54 Å². The maximum absolute atomic E-state index is 12.7. The first kappa shape index (κ1) is 22.0. The third-order valence-electron chi connectivity index (χ3n) is 4.68. The second-order valence-electron chi connectivity index (χ2n) is 8.19. The summed E-state index contributed by atoms with van der Waals surface area (Å²) >= 11 is 5.87. The number of benzene rings is 1. The topological polar surface area (TPSA) is 79.5 Å². The smallest absolute Gasteiger partial charge is 0.236 e. The van der Waals surface area contributed by atoms with E-state index >= 15 is 0 Å². The van der Waals surface area contributed by atoms with Crippen molar-refractivity contribution >= 4 is 27.7 Å². The molecule has 2 aromatic rings. The highest BCUT2D eigenvalue weighted by Crippen LogP contribution is 2.20. The van der Waals surface area contributed by atoms with Gasteiger partial charge in [0, 0.05) is 35.5 Å². The van der Waals surface area contributed by atoms with Crippen LogP contribution in [0.5, 0.6) is 0 Å². The van der Waals surface area contributed by atoms with Crippen LogP contribution in [-0.4, -0.2) is 53.9 Å². The molecule has 1 fully saturated rings. The van der Waals surface area contributed by atoms with Crippen LogP contribution in [0.3, 0.4) is 0 Å². The average molecular weight is 439 g/mol. The number of halogens is 1. The van der Waals surface area contributed by atoms with E-state index in [0.717, 1.165) is 18.5 Å². The number of sulfonamides is 1. The predicted molar refractivity (Wildman–Crippen MR) is 114 cm³/mol. The Hall–Kier alpha value is -1.74. The first-order valence-corrected chi connectivity index (χ1v) is 11.5. The average Bonchev–Trinajstić information content (AvgIpc) is 3.00. The van der Waals surface area contributed by atoms with Gasteiger partial charge in [0.2, 0.25) is 15.9 Å². The van der Waals surface area contributed by atoms with Crippen molar-refractivity contribution in [3.63, 3.8) is 0 Å². The van der Waals surface area contributed by atoms with Crippen LogP contribution in [0.25, 0.3) is 6.08 Å². The van der Waals surface area contributed by atoms with Crippen LogP contribution in [-0.2, 0) is 22.0 Å². The molecular formula is C20H27ClN4O3S. The van der Waals surface area contributed by atoms with Gasteiger partial charge in [0.15, 0.2) is 5.82 Å². The lowest BCUT2D eigenvalue weighted by Crippen LogP contribution is -2.34. The molecule has 1 aliphatic heterocycles. The normalized spacial score (nSPS) is 17.7. The minimum atomic E-state index is -3.48. The summed E-state index contributed by atoms with van der Waals surface area (Å²) in [5, 5.41) is 5.95. The zero-order chi connectivity index (χ0) is 21.1. The summed E-state index contributed by atoms with van der Waals surface area (Å²) in [7, 11) is -3.48. The molecule has 3 rings (SSSR count). The number of rotatable bonds is 5. The minimum absolute atomic E-state index is 0.189. The van der Waals surface area contributed by atoms with Crippen LogP contribution in [0.15, 0.2) is 34.2 Å². The summed E-state index contributed by atoms with van der Waals surface area (Å²) in [6, 6.07) is 7.05. The van der Waals surface area contributed by atoms with Gasteiger partial charge in [0.25, 0.3) is 0 Å². The Labute approximate surface area is 177 Å². The van der Waals surface area contributed by atoms with E-state index in [2.05, 4.69) is 15.0 Å². The first-order valence-electron chi connectivity index (χ1n) is 9.63. The third kappa shape index (κ3) is 6.12. The summed E-state index contributed by atoms with van der Waals surface area (Å²) in [6.07, 6.45) is 2.35. The Bertz CT molecular complexity index is 949. The quantitative estimate of drug-likeness (QED) is 0.710. The highest BCUT2D eigenvalue weighted by Gasteiger charge is 2.25. The van der Waals surface area contributed by atoms with E-state index in [1.54, 1.807) is 30.3 Å². The van der Waals surface area contributed by atoms with Gasteiger partial charge in [-0.15, -0.1) is 0 Å². The third-order valence-corrected chi connectivity index (χ3v) is 6.50. The highest BCUT2D eigenvalue weighted by molar-refractivity contribution is 7.92. The molecule has 29 heavy (non-hydrogen) atoms. The molecule has 158 valence electrons. The second kappa shape index (κ2) is 8.95. The van der Waals surface area contributed by atoms with Gasteiger partial charge in [0.1, 0.15) is 0 Å². The largest absolute Gasteiger partial charge is 0.339 e. The molecule has 0 N–H and O–H groups in total. The molecule has 1 aromatic carbocycles. The number of nitrogens with zero attached hydrogens (tertiary/aromatic N) is 4. The molecular weight excluding hydrogens is 412 g/mol. The second-order valence-corrected chi connectivity index (χ2v) is 10.4.